The average Bonchev–Trinajstić information content (AvgIpc) is 2.68. The molecule has 1 saturated carbocycles. The lowest BCUT2D eigenvalue weighted by atomic mass is 10.2. The molecule has 0 aliphatic heterocycles. The summed E-state index contributed by atoms with van der Waals surface area (Å²) in [5.41, 5.74) is 5.08. The highest BCUT2D eigenvalue weighted by atomic mass is 16.2. The van der Waals surface area contributed by atoms with Gasteiger partial charge in [0.05, 0.1) is 0 Å². The molecule has 0 atom stereocenters. The van der Waals surface area contributed by atoms with E-state index in [9.17, 15) is 9.59 Å². The van der Waals surface area contributed by atoms with Gasteiger partial charge in [0.1, 0.15) is 5.82 Å². The van der Waals surface area contributed by atoms with Crippen LogP contribution >= 0.6 is 0 Å². The number of hydrogen-bond donors (Lipinski definition) is 1. The van der Waals surface area contributed by atoms with Gasteiger partial charge in [0.15, 0.2) is 0 Å². The monoisotopic (exact) mass is 209 g/mol. The molecule has 5 nitrogen and oxygen atoms in total. The summed E-state index contributed by atoms with van der Waals surface area (Å²) in [6, 6.07) is 1.49. The van der Waals surface area contributed by atoms with E-state index in [2.05, 4.69) is 0 Å². The van der Waals surface area contributed by atoms with Crippen LogP contribution in [0.4, 0.5) is 5.82 Å². The van der Waals surface area contributed by atoms with E-state index in [0.29, 0.717) is 0 Å². The first-order valence-electron chi connectivity index (χ1n) is 5.19. The van der Waals surface area contributed by atoms with Gasteiger partial charge < -0.3 is 5.73 Å². The molecule has 1 heterocycles. The Morgan fingerprint density at radius 2 is 1.93 bits per heavy atom. The molecule has 2 rings (SSSR count). The van der Waals surface area contributed by atoms with E-state index < -0.39 is 0 Å². The average molecular weight is 209 g/mol. The minimum Gasteiger partial charge on any atom is -0.385 e. The quantitative estimate of drug-likeness (QED) is 0.720. The lowest BCUT2D eigenvalue weighted by molar-refractivity contribution is 0.481. The van der Waals surface area contributed by atoms with Crippen molar-refractivity contribution in [3.63, 3.8) is 0 Å². The molecular weight excluding hydrogens is 194 g/mol. The molecule has 1 aromatic rings. The minimum absolute atomic E-state index is 0.171. The van der Waals surface area contributed by atoms with Crippen LogP contribution in [0.1, 0.15) is 31.7 Å². The van der Waals surface area contributed by atoms with Gasteiger partial charge in [-0.25, -0.2) is 4.79 Å². The van der Waals surface area contributed by atoms with Gasteiger partial charge >= 0.3 is 5.69 Å². The topological polar surface area (TPSA) is 70.0 Å². The van der Waals surface area contributed by atoms with Gasteiger partial charge in [-0.15, -0.1) is 0 Å². The molecule has 1 aliphatic rings. The normalized spacial score (nSPS) is 17.1. The van der Waals surface area contributed by atoms with Crippen LogP contribution in [0.25, 0.3) is 0 Å². The van der Waals surface area contributed by atoms with E-state index in [1.165, 1.54) is 13.1 Å². The van der Waals surface area contributed by atoms with Crippen LogP contribution < -0.4 is 17.0 Å². The molecule has 0 spiro atoms. The Bertz CT molecular complexity index is 480. The molecule has 5 heteroatoms. The fourth-order valence-electron chi connectivity index (χ4n) is 2.19. The number of nitrogen functional groups attached to an aromatic ring is 1. The van der Waals surface area contributed by atoms with Crippen molar-refractivity contribution in [2.24, 2.45) is 7.05 Å². The highest BCUT2D eigenvalue weighted by molar-refractivity contribution is 5.27. The first-order valence-corrected chi connectivity index (χ1v) is 5.19. The molecule has 15 heavy (non-hydrogen) atoms. The first-order chi connectivity index (χ1) is 7.11. The fourth-order valence-corrected chi connectivity index (χ4v) is 2.19. The van der Waals surface area contributed by atoms with Crippen LogP contribution in [0.3, 0.4) is 0 Å². The van der Waals surface area contributed by atoms with Gasteiger partial charge in [-0.05, 0) is 12.8 Å². The molecule has 82 valence electrons. The predicted octanol–water partition coefficient (Wildman–Crippen LogP) is 0.244. The van der Waals surface area contributed by atoms with Gasteiger partial charge in [0.2, 0.25) is 0 Å². The zero-order valence-electron chi connectivity index (χ0n) is 8.77. The Balaban J connectivity index is 2.60. The van der Waals surface area contributed by atoms with Gasteiger partial charge in [-0.1, -0.05) is 12.8 Å². The molecule has 1 aliphatic carbocycles. The molecule has 1 fully saturated rings. The van der Waals surface area contributed by atoms with Crippen molar-refractivity contribution in [3.05, 3.63) is 26.9 Å². The number of hydrogen-bond acceptors (Lipinski definition) is 3. The van der Waals surface area contributed by atoms with Crippen LogP contribution in [0.15, 0.2) is 15.7 Å². The lowest BCUT2D eigenvalue weighted by Gasteiger charge is -2.16. The van der Waals surface area contributed by atoms with E-state index in [4.69, 9.17) is 5.73 Å². The zero-order chi connectivity index (χ0) is 11.0. The number of nitrogens with two attached hydrogens (primary N) is 1. The second-order valence-electron chi connectivity index (χ2n) is 4.06. The molecule has 1 aromatic heterocycles. The van der Waals surface area contributed by atoms with Crippen molar-refractivity contribution >= 4 is 5.82 Å². The summed E-state index contributed by atoms with van der Waals surface area (Å²) in [6.07, 6.45) is 4.20. The Hall–Kier alpha value is -1.52. The summed E-state index contributed by atoms with van der Waals surface area (Å²) in [6.45, 7) is 0. The Labute approximate surface area is 87.1 Å². The van der Waals surface area contributed by atoms with E-state index in [0.717, 1.165) is 30.3 Å². The summed E-state index contributed by atoms with van der Waals surface area (Å²) in [7, 11) is 1.48. The highest BCUT2D eigenvalue weighted by Crippen LogP contribution is 2.29. The van der Waals surface area contributed by atoms with Crippen molar-refractivity contribution in [2.45, 2.75) is 31.7 Å². The molecule has 0 saturated heterocycles. The van der Waals surface area contributed by atoms with Crippen molar-refractivity contribution in [3.8, 4) is 0 Å². The fraction of sp³-hybridized carbons (Fsp3) is 0.600. The smallest absolute Gasteiger partial charge is 0.332 e. The third-order valence-corrected chi connectivity index (χ3v) is 3.06. The zero-order valence-corrected chi connectivity index (χ0v) is 8.77. The molecule has 0 radical (unpaired) electrons. The maximum atomic E-state index is 11.8. The van der Waals surface area contributed by atoms with Gasteiger partial charge in [-0.3, -0.25) is 13.9 Å². The van der Waals surface area contributed by atoms with Crippen molar-refractivity contribution < 1.29 is 0 Å². The molecule has 0 bridgehead atoms. The number of nitrogens with zero attached hydrogens (tertiary/aromatic N) is 2. The van der Waals surface area contributed by atoms with Gasteiger partial charge in [0.25, 0.3) is 5.56 Å². The molecule has 0 aromatic carbocycles. The lowest BCUT2D eigenvalue weighted by Crippen LogP contribution is -2.39. The third kappa shape index (κ3) is 1.58. The largest absolute Gasteiger partial charge is 0.385 e. The predicted molar refractivity (Wildman–Crippen MR) is 57.9 cm³/mol. The van der Waals surface area contributed by atoms with Crippen molar-refractivity contribution in [1.29, 1.82) is 0 Å². The summed E-state index contributed by atoms with van der Waals surface area (Å²) < 4.78 is 2.66. The first kappa shape index (κ1) is 10.0. The van der Waals surface area contributed by atoms with E-state index in [1.54, 1.807) is 4.57 Å². The second kappa shape index (κ2) is 3.56. The molecular formula is C10H15N3O2. The van der Waals surface area contributed by atoms with E-state index in [1.807, 2.05) is 0 Å². The maximum Gasteiger partial charge on any atom is 0.332 e. The summed E-state index contributed by atoms with van der Waals surface area (Å²) in [5.74, 6) is 0.287. The summed E-state index contributed by atoms with van der Waals surface area (Å²) in [4.78, 5) is 23.1. The third-order valence-electron chi connectivity index (χ3n) is 3.06. The van der Waals surface area contributed by atoms with Crippen LogP contribution in [0, 0.1) is 0 Å². The Kier molecular flexibility index (Phi) is 2.38. The summed E-state index contributed by atoms with van der Waals surface area (Å²) in [5, 5.41) is 0. The van der Waals surface area contributed by atoms with E-state index >= 15 is 0 Å². The SMILES string of the molecule is Cn1c(=O)cc(N)n(C2CCCC2)c1=O. The van der Waals surface area contributed by atoms with Crippen LogP contribution in [0.5, 0.6) is 0 Å². The molecule has 0 unspecified atom stereocenters. The van der Waals surface area contributed by atoms with Gasteiger partial charge in [0, 0.05) is 19.2 Å². The minimum atomic E-state index is -0.341. The molecule has 0 amide bonds. The molecule has 2 N–H and O–H groups in total. The maximum absolute atomic E-state index is 11.8. The Morgan fingerprint density at radius 1 is 1.33 bits per heavy atom. The van der Waals surface area contributed by atoms with Crippen LogP contribution in [-0.2, 0) is 7.05 Å². The number of rotatable bonds is 1. The Morgan fingerprint density at radius 3 is 2.53 bits per heavy atom. The highest BCUT2D eigenvalue weighted by Gasteiger charge is 2.20. The van der Waals surface area contributed by atoms with Gasteiger partial charge in [-0.2, -0.15) is 0 Å². The van der Waals surface area contributed by atoms with Crippen molar-refractivity contribution in [2.75, 3.05) is 5.73 Å². The second-order valence-corrected chi connectivity index (χ2v) is 4.06. The van der Waals surface area contributed by atoms with E-state index in [-0.39, 0.29) is 23.1 Å². The van der Waals surface area contributed by atoms with Crippen molar-refractivity contribution in [1.82, 2.24) is 9.13 Å². The number of aromatic nitrogens is 2. The van der Waals surface area contributed by atoms with Crippen LogP contribution in [-0.4, -0.2) is 9.13 Å². The van der Waals surface area contributed by atoms with Crippen LogP contribution in [0.2, 0.25) is 0 Å². The standard InChI is InChI=1S/C10H15N3O2/c1-12-9(14)6-8(11)13(10(12)15)7-4-2-3-5-7/h6-7H,2-5,11H2,1H3. The summed E-state index contributed by atoms with van der Waals surface area (Å²) >= 11 is 0. The number of anilines is 1.